The normalized spacial score (nSPS) is 17.9. The fourth-order valence-corrected chi connectivity index (χ4v) is 5.07. The SMILES string of the molecule is CC(C)C(NC(=O)OCC1c2ccccc2-c2ccccc21)C(=O)N1CCC(CCC(=O)O)C1. The Balaban J connectivity index is 1.36. The molecular formula is C27H32N2O5. The van der Waals surface area contributed by atoms with Crippen LogP contribution in [0.3, 0.4) is 0 Å². The molecule has 0 spiro atoms. The van der Waals surface area contributed by atoms with Crippen molar-refractivity contribution in [2.24, 2.45) is 11.8 Å². The third-order valence-corrected chi connectivity index (χ3v) is 6.91. The number of hydrogen-bond acceptors (Lipinski definition) is 4. The van der Waals surface area contributed by atoms with Crippen LogP contribution in [0.1, 0.15) is 50.2 Å². The molecule has 7 nitrogen and oxygen atoms in total. The van der Waals surface area contributed by atoms with Gasteiger partial charge in [0.05, 0.1) is 0 Å². The summed E-state index contributed by atoms with van der Waals surface area (Å²) < 4.78 is 5.63. The first-order chi connectivity index (χ1) is 16.3. The number of fused-ring (bicyclic) bond motifs is 3. The highest BCUT2D eigenvalue weighted by molar-refractivity contribution is 5.86. The molecule has 180 valence electrons. The highest BCUT2D eigenvalue weighted by atomic mass is 16.5. The van der Waals surface area contributed by atoms with Gasteiger partial charge in [0.15, 0.2) is 0 Å². The lowest BCUT2D eigenvalue weighted by Gasteiger charge is -2.27. The summed E-state index contributed by atoms with van der Waals surface area (Å²) in [5.41, 5.74) is 4.59. The number of carboxylic acids is 1. The van der Waals surface area contributed by atoms with E-state index in [-0.39, 0.29) is 36.7 Å². The molecule has 1 fully saturated rings. The molecule has 2 aromatic rings. The third-order valence-electron chi connectivity index (χ3n) is 6.91. The van der Waals surface area contributed by atoms with Crippen molar-refractivity contribution in [3.05, 3.63) is 59.7 Å². The number of carbonyl (C=O) groups excluding carboxylic acids is 2. The highest BCUT2D eigenvalue weighted by Gasteiger charge is 2.34. The first-order valence-electron chi connectivity index (χ1n) is 12.0. The minimum absolute atomic E-state index is 0.0417. The van der Waals surface area contributed by atoms with Gasteiger partial charge in [0.1, 0.15) is 12.6 Å². The number of nitrogens with zero attached hydrogens (tertiary/aromatic N) is 1. The van der Waals surface area contributed by atoms with Crippen molar-refractivity contribution in [1.82, 2.24) is 10.2 Å². The largest absolute Gasteiger partial charge is 0.481 e. The summed E-state index contributed by atoms with van der Waals surface area (Å²) in [5, 5.41) is 11.7. The van der Waals surface area contributed by atoms with Gasteiger partial charge in [-0.05, 0) is 46.9 Å². The minimum Gasteiger partial charge on any atom is -0.481 e. The van der Waals surface area contributed by atoms with Crippen molar-refractivity contribution < 1.29 is 24.2 Å². The predicted octanol–water partition coefficient (Wildman–Crippen LogP) is 4.26. The van der Waals surface area contributed by atoms with Crippen LogP contribution in [0.2, 0.25) is 0 Å². The Hall–Kier alpha value is -3.35. The summed E-state index contributed by atoms with van der Waals surface area (Å²) in [6.07, 6.45) is 0.855. The maximum atomic E-state index is 13.1. The van der Waals surface area contributed by atoms with Gasteiger partial charge < -0.3 is 20.1 Å². The maximum absolute atomic E-state index is 13.1. The number of hydrogen-bond donors (Lipinski definition) is 2. The standard InChI is InChI=1S/C27H32N2O5/c1-17(2)25(26(32)29-14-13-18(15-29)11-12-24(30)31)28-27(33)34-16-23-21-9-5-3-7-19(21)20-8-4-6-10-22(20)23/h3-10,17-18,23,25H,11-16H2,1-2H3,(H,28,33)(H,30,31). The summed E-state index contributed by atoms with van der Waals surface area (Å²) in [5.74, 6) is -0.920. The average Bonchev–Trinajstić information content (AvgIpc) is 3.42. The van der Waals surface area contributed by atoms with Gasteiger partial charge >= 0.3 is 12.1 Å². The summed E-state index contributed by atoms with van der Waals surface area (Å²) in [4.78, 5) is 38.4. The molecule has 0 bridgehead atoms. The van der Waals surface area contributed by atoms with Gasteiger partial charge in [0.2, 0.25) is 5.91 Å². The fourth-order valence-electron chi connectivity index (χ4n) is 5.07. The van der Waals surface area contributed by atoms with Crippen molar-refractivity contribution in [2.45, 2.75) is 45.1 Å². The zero-order valence-electron chi connectivity index (χ0n) is 19.7. The number of aliphatic carboxylic acids is 1. The quantitative estimate of drug-likeness (QED) is 0.609. The predicted molar refractivity (Wildman–Crippen MR) is 128 cm³/mol. The Morgan fingerprint density at radius 1 is 1.06 bits per heavy atom. The Morgan fingerprint density at radius 3 is 2.26 bits per heavy atom. The van der Waals surface area contributed by atoms with E-state index in [4.69, 9.17) is 9.84 Å². The Kier molecular flexibility index (Phi) is 7.20. The molecule has 2 amide bonds. The molecule has 2 N–H and O–H groups in total. The van der Waals surface area contributed by atoms with E-state index in [2.05, 4.69) is 29.6 Å². The van der Waals surface area contributed by atoms with Gasteiger partial charge in [0, 0.05) is 25.4 Å². The molecule has 7 heteroatoms. The zero-order chi connectivity index (χ0) is 24.2. The number of nitrogens with one attached hydrogen (secondary N) is 1. The van der Waals surface area contributed by atoms with E-state index in [1.165, 1.54) is 0 Å². The first kappa shape index (κ1) is 23.8. The van der Waals surface area contributed by atoms with E-state index in [0.717, 1.165) is 28.7 Å². The van der Waals surface area contributed by atoms with Crippen molar-refractivity contribution in [3.63, 3.8) is 0 Å². The Labute approximate surface area is 200 Å². The van der Waals surface area contributed by atoms with Crippen molar-refractivity contribution in [2.75, 3.05) is 19.7 Å². The average molecular weight is 465 g/mol. The maximum Gasteiger partial charge on any atom is 0.407 e. The second-order valence-electron chi connectivity index (χ2n) is 9.56. The molecule has 4 rings (SSSR count). The molecular weight excluding hydrogens is 432 g/mol. The molecule has 1 aliphatic carbocycles. The fraction of sp³-hybridized carbons (Fsp3) is 0.444. The molecule has 34 heavy (non-hydrogen) atoms. The lowest BCUT2D eigenvalue weighted by atomic mass is 9.98. The monoisotopic (exact) mass is 464 g/mol. The molecule has 0 radical (unpaired) electrons. The Bertz CT molecular complexity index is 1020. The van der Waals surface area contributed by atoms with E-state index in [0.29, 0.717) is 19.5 Å². The van der Waals surface area contributed by atoms with Crippen molar-refractivity contribution in [1.29, 1.82) is 0 Å². The van der Waals surface area contributed by atoms with Crippen LogP contribution in [0.5, 0.6) is 0 Å². The molecule has 2 atom stereocenters. The third kappa shape index (κ3) is 5.08. The van der Waals surface area contributed by atoms with Gasteiger partial charge in [-0.3, -0.25) is 9.59 Å². The van der Waals surface area contributed by atoms with Crippen LogP contribution in [-0.4, -0.2) is 53.7 Å². The minimum atomic E-state index is -0.818. The molecule has 1 heterocycles. The summed E-state index contributed by atoms with van der Waals surface area (Å²) in [7, 11) is 0. The Morgan fingerprint density at radius 2 is 1.68 bits per heavy atom. The number of rotatable bonds is 8. The number of carbonyl (C=O) groups is 3. The number of amides is 2. The summed E-state index contributed by atoms with van der Waals surface area (Å²) in [6, 6.07) is 15.6. The second kappa shape index (κ2) is 10.3. The molecule has 2 unspecified atom stereocenters. The lowest BCUT2D eigenvalue weighted by Crippen LogP contribution is -2.51. The molecule has 0 saturated carbocycles. The second-order valence-corrected chi connectivity index (χ2v) is 9.56. The van der Waals surface area contributed by atoms with Gasteiger partial charge in [-0.1, -0.05) is 62.4 Å². The van der Waals surface area contributed by atoms with E-state index < -0.39 is 18.1 Å². The van der Waals surface area contributed by atoms with Crippen LogP contribution in [0.15, 0.2) is 48.5 Å². The van der Waals surface area contributed by atoms with Crippen molar-refractivity contribution in [3.8, 4) is 11.1 Å². The topological polar surface area (TPSA) is 95.9 Å². The van der Waals surface area contributed by atoms with Gasteiger partial charge in [0.25, 0.3) is 0 Å². The van der Waals surface area contributed by atoms with Crippen LogP contribution >= 0.6 is 0 Å². The number of alkyl carbamates (subject to hydrolysis) is 1. The van der Waals surface area contributed by atoms with Crippen LogP contribution in [0, 0.1) is 11.8 Å². The number of carboxylic acid groups (broad SMARTS) is 1. The van der Waals surface area contributed by atoms with Crippen LogP contribution in [-0.2, 0) is 14.3 Å². The van der Waals surface area contributed by atoms with Crippen molar-refractivity contribution >= 4 is 18.0 Å². The van der Waals surface area contributed by atoms with E-state index in [9.17, 15) is 14.4 Å². The molecule has 2 aliphatic rings. The van der Waals surface area contributed by atoms with Crippen LogP contribution in [0.25, 0.3) is 11.1 Å². The first-order valence-corrected chi connectivity index (χ1v) is 12.0. The van der Waals surface area contributed by atoms with Crippen LogP contribution < -0.4 is 5.32 Å². The van der Waals surface area contributed by atoms with E-state index in [1.807, 2.05) is 38.1 Å². The highest BCUT2D eigenvalue weighted by Crippen LogP contribution is 2.44. The number of ether oxygens (including phenoxy) is 1. The number of benzene rings is 2. The smallest absolute Gasteiger partial charge is 0.407 e. The summed E-state index contributed by atoms with van der Waals surface area (Å²) >= 11 is 0. The van der Waals surface area contributed by atoms with E-state index >= 15 is 0 Å². The van der Waals surface area contributed by atoms with E-state index in [1.54, 1.807) is 4.90 Å². The van der Waals surface area contributed by atoms with Crippen LogP contribution in [0.4, 0.5) is 4.79 Å². The molecule has 0 aromatic heterocycles. The molecule has 2 aromatic carbocycles. The molecule has 1 aliphatic heterocycles. The molecule has 1 saturated heterocycles. The zero-order valence-corrected chi connectivity index (χ0v) is 19.7. The van der Waals surface area contributed by atoms with Gasteiger partial charge in [-0.25, -0.2) is 4.79 Å². The lowest BCUT2D eigenvalue weighted by molar-refractivity contribution is -0.137. The summed E-state index contributed by atoms with van der Waals surface area (Å²) in [6.45, 7) is 5.09. The van der Waals surface area contributed by atoms with Gasteiger partial charge in [-0.15, -0.1) is 0 Å². The number of likely N-dealkylation sites (tertiary alicyclic amines) is 1. The van der Waals surface area contributed by atoms with Gasteiger partial charge in [-0.2, -0.15) is 0 Å².